The van der Waals surface area contributed by atoms with Crippen molar-refractivity contribution in [2.45, 2.75) is 0 Å². The zero-order chi connectivity index (χ0) is 11.7. The van der Waals surface area contributed by atoms with E-state index in [1.165, 1.54) is 5.69 Å². The molecule has 17 heavy (non-hydrogen) atoms. The minimum atomic E-state index is 0.765. The van der Waals surface area contributed by atoms with Crippen LogP contribution in [0.1, 0.15) is 0 Å². The molecule has 2 heterocycles. The number of hydrogen-bond acceptors (Lipinski definition) is 4. The molecule has 0 spiro atoms. The van der Waals surface area contributed by atoms with Gasteiger partial charge in [0.2, 0.25) is 0 Å². The number of fused-ring (bicyclic) bond motifs is 1. The highest BCUT2D eigenvalue weighted by atomic mass is 16.5. The second-order valence-electron chi connectivity index (χ2n) is 4.75. The largest absolute Gasteiger partial charge is 0.490 e. The summed E-state index contributed by atoms with van der Waals surface area (Å²) in [6, 6.07) is 6.45. The van der Waals surface area contributed by atoms with Gasteiger partial charge in [-0.1, -0.05) is 0 Å². The molecule has 0 bridgehead atoms. The smallest absolute Gasteiger partial charge is 0.142 e. The fourth-order valence-electron chi connectivity index (χ4n) is 2.39. The minimum absolute atomic E-state index is 0.765. The van der Waals surface area contributed by atoms with Crippen molar-refractivity contribution in [1.29, 1.82) is 0 Å². The van der Waals surface area contributed by atoms with Crippen molar-refractivity contribution in [1.82, 2.24) is 4.90 Å². The van der Waals surface area contributed by atoms with E-state index >= 15 is 0 Å². The highest BCUT2D eigenvalue weighted by molar-refractivity contribution is 5.66. The van der Waals surface area contributed by atoms with Crippen LogP contribution in [0.2, 0.25) is 0 Å². The molecule has 3 rings (SSSR count). The van der Waals surface area contributed by atoms with Gasteiger partial charge in [0.25, 0.3) is 0 Å². The Labute approximate surface area is 102 Å². The van der Waals surface area contributed by atoms with Gasteiger partial charge in [0.15, 0.2) is 0 Å². The topological polar surface area (TPSA) is 27.7 Å². The van der Waals surface area contributed by atoms with Crippen molar-refractivity contribution in [2.75, 3.05) is 56.6 Å². The van der Waals surface area contributed by atoms with Crippen LogP contribution < -0.4 is 15.0 Å². The molecule has 0 atom stereocenters. The molecule has 0 aliphatic carbocycles. The molecule has 4 nitrogen and oxygen atoms in total. The van der Waals surface area contributed by atoms with Gasteiger partial charge in [-0.2, -0.15) is 0 Å². The molecule has 92 valence electrons. The number of rotatable bonds is 1. The Hall–Kier alpha value is -1.42. The Balaban J connectivity index is 1.79. The standard InChI is InChI=1S/C13H19N3O/c1-15-5-7-16(8-6-15)11-2-3-13-12(10-11)14-4-9-17-13/h2-3,10,14H,4-9H2,1H3. The van der Waals surface area contributed by atoms with Crippen LogP contribution in [0, 0.1) is 0 Å². The second-order valence-corrected chi connectivity index (χ2v) is 4.75. The van der Waals surface area contributed by atoms with Crippen LogP contribution in [0.4, 0.5) is 11.4 Å². The normalized spacial score (nSPS) is 20.4. The van der Waals surface area contributed by atoms with Crippen LogP contribution in [0.15, 0.2) is 18.2 Å². The summed E-state index contributed by atoms with van der Waals surface area (Å²) >= 11 is 0. The van der Waals surface area contributed by atoms with Gasteiger partial charge in [-0.15, -0.1) is 0 Å². The van der Waals surface area contributed by atoms with Gasteiger partial charge in [-0.05, 0) is 25.2 Å². The SMILES string of the molecule is CN1CCN(c2ccc3c(c2)NCCO3)CC1. The Kier molecular flexibility index (Phi) is 2.81. The Bertz CT molecular complexity index is 400. The molecule has 1 saturated heterocycles. The molecule has 1 N–H and O–H groups in total. The number of anilines is 2. The number of hydrogen-bond donors (Lipinski definition) is 1. The molecule has 1 aromatic rings. The third-order valence-electron chi connectivity index (χ3n) is 3.51. The molecular weight excluding hydrogens is 214 g/mol. The van der Waals surface area contributed by atoms with E-state index in [1.807, 2.05) is 0 Å². The monoisotopic (exact) mass is 233 g/mol. The van der Waals surface area contributed by atoms with Crippen molar-refractivity contribution in [3.63, 3.8) is 0 Å². The number of likely N-dealkylation sites (N-methyl/N-ethyl adjacent to an activating group) is 1. The quantitative estimate of drug-likeness (QED) is 0.790. The highest BCUT2D eigenvalue weighted by Crippen LogP contribution is 2.31. The first-order valence-corrected chi connectivity index (χ1v) is 6.27. The molecule has 2 aliphatic rings. The van der Waals surface area contributed by atoms with Crippen LogP contribution in [0.25, 0.3) is 0 Å². The van der Waals surface area contributed by atoms with Crippen molar-refractivity contribution < 1.29 is 4.74 Å². The maximum absolute atomic E-state index is 5.59. The maximum atomic E-state index is 5.59. The lowest BCUT2D eigenvalue weighted by Crippen LogP contribution is -2.44. The Morgan fingerprint density at radius 1 is 1.18 bits per heavy atom. The lowest BCUT2D eigenvalue weighted by Gasteiger charge is -2.34. The molecule has 0 unspecified atom stereocenters. The van der Waals surface area contributed by atoms with Crippen molar-refractivity contribution in [2.24, 2.45) is 0 Å². The van der Waals surface area contributed by atoms with Gasteiger partial charge in [0.1, 0.15) is 12.4 Å². The van der Waals surface area contributed by atoms with Gasteiger partial charge in [0.05, 0.1) is 5.69 Å². The van der Waals surface area contributed by atoms with Crippen molar-refractivity contribution in [3.8, 4) is 5.75 Å². The predicted molar refractivity (Wildman–Crippen MR) is 70.1 cm³/mol. The van der Waals surface area contributed by atoms with Gasteiger partial charge >= 0.3 is 0 Å². The molecule has 0 aromatic heterocycles. The molecule has 2 aliphatic heterocycles. The summed E-state index contributed by atoms with van der Waals surface area (Å²) in [6.07, 6.45) is 0. The average molecular weight is 233 g/mol. The molecule has 1 fully saturated rings. The fourth-order valence-corrected chi connectivity index (χ4v) is 2.39. The van der Waals surface area contributed by atoms with Crippen molar-refractivity contribution >= 4 is 11.4 Å². The summed E-state index contributed by atoms with van der Waals surface area (Å²) in [7, 11) is 2.18. The number of nitrogens with zero attached hydrogens (tertiary/aromatic N) is 2. The van der Waals surface area contributed by atoms with E-state index in [1.54, 1.807) is 0 Å². The average Bonchev–Trinajstić information content (AvgIpc) is 2.39. The Morgan fingerprint density at radius 2 is 2.00 bits per heavy atom. The van der Waals surface area contributed by atoms with E-state index in [2.05, 4.69) is 40.4 Å². The molecule has 0 saturated carbocycles. The molecular formula is C13H19N3O. The fraction of sp³-hybridized carbons (Fsp3) is 0.538. The summed E-state index contributed by atoms with van der Waals surface area (Å²) in [5.74, 6) is 0.981. The van der Waals surface area contributed by atoms with E-state index < -0.39 is 0 Å². The zero-order valence-electron chi connectivity index (χ0n) is 10.3. The summed E-state index contributed by atoms with van der Waals surface area (Å²) in [4.78, 5) is 4.81. The molecule has 4 heteroatoms. The van der Waals surface area contributed by atoms with Gasteiger partial charge < -0.3 is 19.9 Å². The number of piperazine rings is 1. The molecule has 1 aromatic carbocycles. The minimum Gasteiger partial charge on any atom is -0.490 e. The van der Waals surface area contributed by atoms with Crippen LogP contribution in [0.3, 0.4) is 0 Å². The number of nitrogens with one attached hydrogen (secondary N) is 1. The highest BCUT2D eigenvalue weighted by Gasteiger charge is 2.16. The van der Waals surface area contributed by atoms with E-state index in [-0.39, 0.29) is 0 Å². The first-order chi connectivity index (χ1) is 8.33. The third-order valence-corrected chi connectivity index (χ3v) is 3.51. The summed E-state index contributed by atoms with van der Waals surface area (Å²) in [5.41, 5.74) is 2.43. The lowest BCUT2D eigenvalue weighted by molar-refractivity contribution is 0.312. The van der Waals surface area contributed by atoms with Crippen LogP contribution in [-0.4, -0.2) is 51.3 Å². The van der Waals surface area contributed by atoms with E-state index in [0.29, 0.717) is 0 Å². The van der Waals surface area contributed by atoms with E-state index in [4.69, 9.17) is 4.74 Å². The van der Waals surface area contributed by atoms with Gasteiger partial charge in [-0.25, -0.2) is 0 Å². The first kappa shape index (κ1) is 10.7. The van der Waals surface area contributed by atoms with E-state index in [9.17, 15) is 0 Å². The van der Waals surface area contributed by atoms with Gasteiger partial charge in [-0.3, -0.25) is 0 Å². The lowest BCUT2D eigenvalue weighted by atomic mass is 10.2. The maximum Gasteiger partial charge on any atom is 0.142 e. The second kappa shape index (κ2) is 4.45. The van der Waals surface area contributed by atoms with Crippen molar-refractivity contribution in [3.05, 3.63) is 18.2 Å². The predicted octanol–water partition coefficient (Wildman–Crippen LogP) is 1.24. The summed E-state index contributed by atoms with van der Waals surface area (Å²) < 4.78 is 5.59. The van der Waals surface area contributed by atoms with Crippen LogP contribution in [-0.2, 0) is 0 Å². The zero-order valence-corrected chi connectivity index (χ0v) is 10.3. The van der Waals surface area contributed by atoms with E-state index in [0.717, 1.165) is 50.8 Å². The summed E-state index contributed by atoms with van der Waals surface area (Å²) in [5, 5.41) is 3.39. The number of ether oxygens (including phenoxy) is 1. The van der Waals surface area contributed by atoms with Crippen LogP contribution in [0.5, 0.6) is 5.75 Å². The first-order valence-electron chi connectivity index (χ1n) is 6.27. The Morgan fingerprint density at radius 3 is 2.82 bits per heavy atom. The number of benzene rings is 1. The van der Waals surface area contributed by atoms with Gasteiger partial charge in [0, 0.05) is 38.4 Å². The molecule has 0 radical (unpaired) electrons. The van der Waals surface area contributed by atoms with Crippen LogP contribution >= 0.6 is 0 Å². The molecule has 0 amide bonds. The third kappa shape index (κ3) is 2.17. The summed E-state index contributed by atoms with van der Waals surface area (Å²) in [6.45, 7) is 6.16.